The molecule has 3 aliphatic rings. The summed E-state index contributed by atoms with van der Waals surface area (Å²) in [4.78, 5) is 206. The number of aliphatic carboxylic acids is 8. The van der Waals surface area contributed by atoms with Crippen LogP contribution >= 0.6 is 0 Å². The molecule has 9 amide bonds. The Kier molecular flexibility index (Phi) is 35.5. The summed E-state index contributed by atoms with van der Waals surface area (Å²) < 4.78 is 0. The van der Waals surface area contributed by atoms with Gasteiger partial charge in [0.2, 0.25) is 29.5 Å². The summed E-state index contributed by atoms with van der Waals surface area (Å²) in [5.74, 6) is -15.0. The molecule has 6 atom stereocenters. The van der Waals surface area contributed by atoms with E-state index < -0.39 is 164 Å². The van der Waals surface area contributed by atoms with Crippen molar-refractivity contribution in [2.75, 3.05) is 91.6 Å². The predicted octanol–water partition coefficient (Wildman–Crippen LogP) is -0.825. The maximum absolute atomic E-state index is 14.0. The number of imide groups is 1. The minimum Gasteiger partial charge on any atom is -0.481 e. The van der Waals surface area contributed by atoms with Crippen LogP contribution in [0.1, 0.15) is 115 Å². The predicted molar refractivity (Wildman–Crippen MR) is 366 cm³/mol. The summed E-state index contributed by atoms with van der Waals surface area (Å²) in [7, 11) is 0. The van der Waals surface area contributed by atoms with Crippen LogP contribution in [0.3, 0.4) is 0 Å². The van der Waals surface area contributed by atoms with Crippen molar-refractivity contribution < 1.29 is 118 Å². The van der Waals surface area contributed by atoms with Gasteiger partial charge in [0.05, 0.1) is 13.1 Å². The Morgan fingerprint density at radius 2 is 0.923 bits per heavy atom. The number of carbonyl (C=O) groups is 16. The van der Waals surface area contributed by atoms with Gasteiger partial charge in [-0.1, -0.05) is 42.5 Å². The van der Waals surface area contributed by atoms with Gasteiger partial charge >= 0.3 is 53.8 Å². The fraction of sp³-hybridized carbons (Fsp3) is 0.588. The van der Waals surface area contributed by atoms with E-state index in [1.165, 1.54) is 19.6 Å². The van der Waals surface area contributed by atoms with Crippen molar-refractivity contribution in [2.24, 2.45) is 11.8 Å². The molecule has 104 heavy (non-hydrogen) atoms. The summed E-state index contributed by atoms with van der Waals surface area (Å²) in [5.41, 5.74) is 0.753. The van der Waals surface area contributed by atoms with E-state index in [2.05, 4.69) is 37.2 Å². The third-order valence-electron chi connectivity index (χ3n) is 18.4. The Bertz CT molecular complexity index is 3350. The number of unbranched alkanes of at least 4 members (excludes halogenated alkanes) is 2. The zero-order valence-electron chi connectivity index (χ0n) is 57.8. The van der Waals surface area contributed by atoms with Crippen LogP contribution in [0.25, 0.3) is 10.8 Å². The molecular formula is C68H96N12O24. The number of fused-ring (bicyclic) bond motifs is 1. The topological polar surface area (TPSA) is 535 Å². The number of carbonyl (C=O) groups excluding carboxylic acids is 8. The van der Waals surface area contributed by atoms with Crippen molar-refractivity contribution in [2.45, 2.75) is 152 Å². The van der Waals surface area contributed by atoms with Crippen LogP contribution in [0.2, 0.25) is 0 Å². The molecule has 36 heteroatoms. The average molecular weight is 1470 g/mol. The molecule has 572 valence electrons. The highest BCUT2D eigenvalue weighted by atomic mass is 16.4. The minimum atomic E-state index is -1.59. The third kappa shape index (κ3) is 30.4. The molecule has 1 saturated heterocycles. The van der Waals surface area contributed by atoms with E-state index in [4.69, 9.17) is 5.11 Å². The number of hydrogen-bond acceptors (Lipinski definition) is 20. The molecule has 2 aromatic carbocycles. The van der Waals surface area contributed by atoms with Crippen LogP contribution in [0.5, 0.6) is 0 Å². The van der Waals surface area contributed by atoms with E-state index in [0.717, 1.165) is 33.4 Å². The first kappa shape index (κ1) is 84.5. The van der Waals surface area contributed by atoms with Crippen LogP contribution in [-0.2, 0) is 78.3 Å². The second kappa shape index (κ2) is 43.7. The quantitative estimate of drug-likeness (QED) is 0.0285. The van der Waals surface area contributed by atoms with Crippen LogP contribution in [0.4, 0.5) is 4.79 Å². The number of rotatable bonds is 43. The number of hydrogen-bond donors (Lipinski definition) is 15. The molecule has 2 aromatic rings. The zero-order valence-corrected chi connectivity index (χ0v) is 57.8. The molecule has 2 heterocycles. The highest BCUT2D eigenvalue weighted by molar-refractivity contribution is 6.13. The fourth-order valence-electron chi connectivity index (χ4n) is 12.5. The summed E-state index contributed by atoms with van der Waals surface area (Å²) in [6, 6.07) is 3.96. The van der Waals surface area contributed by atoms with Crippen LogP contribution in [-0.4, -0.2) is 288 Å². The fourth-order valence-corrected chi connectivity index (χ4v) is 12.5. The Morgan fingerprint density at radius 3 is 1.42 bits per heavy atom. The number of nitrogens with zero attached hydrogens (tertiary/aromatic N) is 5. The first-order chi connectivity index (χ1) is 49.5. The summed E-state index contributed by atoms with van der Waals surface area (Å²) in [6.07, 6.45) is 2.53. The van der Waals surface area contributed by atoms with Crippen LogP contribution < -0.4 is 37.2 Å². The Morgan fingerprint density at radius 1 is 0.442 bits per heavy atom. The van der Waals surface area contributed by atoms with Gasteiger partial charge in [-0.25, -0.2) is 19.2 Å². The van der Waals surface area contributed by atoms with Crippen molar-refractivity contribution in [1.29, 1.82) is 0 Å². The van der Waals surface area contributed by atoms with Crippen LogP contribution in [0, 0.1) is 11.8 Å². The lowest BCUT2D eigenvalue weighted by molar-refractivity contribution is -0.146. The van der Waals surface area contributed by atoms with Gasteiger partial charge in [-0.05, 0) is 106 Å². The smallest absolute Gasteiger partial charge is 0.326 e. The summed E-state index contributed by atoms with van der Waals surface area (Å²) in [5, 5.41) is 98.6. The second-order valence-corrected chi connectivity index (χ2v) is 26.0. The van der Waals surface area contributed by atoms with Crippen molar-refractivity contribution >= 4 is 106 Å². The molecule has 2 fully saturated rings. The molecule has 1 aliphatic carbocycles. The normalized spacial score (nSPS) is 18.2. The second-order valence-electron chi connectivity index (χ2n) is 26.0. The SMILES string of the molecule is O=C(O)CC[C@H](NC(=O)N[C@@H](CCCCNC(=O)[C@H](Cc1ccc2ccccc2c1)NC(=O)C1CCC(CNC(=O)CC[C@@H](C(=O)O)N2CCN(CC(=O)O)CCN([C@H](CCC(=O)N[C@@H](CCCCNC(=O)CCN3C(=O)C=CC3=O)C(=O)O)C(=O)O)CCN(CC(=O)O)CC2)CC1)C(=O)O)C(=O)O. The minimum absolute atomic E-state index is 0.0536. The summed E-state index contributed by atoms with van der Waals surface area (Å²) >= 11 is 0. The third-order valence-corrected chi connectivity index (χ3v) is 18.4. The molecule has 5 rings (SSSR count). The molecule has 36 nitrogen and oxygen atoms in total. The standard InChI is InChI=1S/C68H96N12O24/c81-53(71-39-42-11-15-45(16-12-42)61(92)73-50(38-43-13-14-44-7-1-2-8-46(44)37-43)62(93)70-27-6-4-10-48(64(96)97)74-68(104)75-49(65(98)99)17-24-58(86)87)20-18-51(66(100)101)78-33-29-76(40-59(88)89)31-35-79(36-32-77(30-34-78)41-60(90)91)52(67(102)103)19-21-55(83)72-47(63(94)95)9-3-5-26-69-54(82)25-28-80-56(84)22-23-57(80)85/h1-2,7-8,13-14,22-23,37,42,45,47-52H,3-6,9-12,15-21,24-36,38-41H2,(H,69,82)(H,70,93)(H,71,81)(H,72,83)(H,73,92)(H,86,87)(H,88,89)(H,90,91)(H,94,95)(H,96,97)(H,98,99)(H,100,101)(H,102,103)(H2,74,75,104)/t42?,45?,47-,48-,49-,50-,51-,52+/m0/s1. The maximum atomic E-state index is 14.0. The van der Waals surface area contributed by atoms with Gasteiger partial charge < -0.3 is 78.1 Å². The number of carboxylic acids is 8. The largest absolute Gasteiger partial charge is 0.481 e. The summed E-state index contributed by atoms with van der Waals surface area (Å²) in [6.45, 7) is -1.51. The van der Waals surface area contributed by atoms with E-state index in [1.54, 1.807) is 0 Å². The maximum Gasteiger partial charge on any atom is 0.326 e. The first-order valence-corrected chi connectivity index (χ1v) is 34.7. The first-order valence-electron chi connectivity index (χ1n) is 34.7. The molecule has 0 aromatic heterocycles. The van der Waals surface area contributed by atoms with Crippen molar-refractivity contribution in [3.8, 4) is 0 Å². The van der Waals surface area contributed by atoms with E-state index in [0.29, 0.717) is 32.1 Å². The monoisotopic (exact) mass is 1460 g/mol. The number of amides is 9. The molecular weight excluding hydrogens is 1370 g/mol. The van der Waals surface area contributed by atoms with E-state index in [-0.39, 0.29) is 155 Å². The lowest BCUT2D eigenvalue weighted by atomic mass is 9.81. The van der Waals surface area contributed by atoms with E-state index >= 15 is 0 Å². The van der Waals surface area contributed by atoms with E-state index in [9.17, 15) is 112 Å². The molecule has 15 N–H and O–H groups in total. The number of benzene rings is 2. The Labute approximate surface area is 598 Å². The lowest BCUT2D eigenvalue weighted by Gasteiger charge is -2.37. The molecule has 0 spiro atoms. The van der Waals surface area contributed by atoms with Crippen molar-refractivity contribution in [1.82, 2.24) is 61.7 Å². The van der Waals surface area contributed by atoms with Gasteiger partial charge in [-0.3, -0.25) is 82.0 Å². The molecule has 2 aliphatic heterocycles. The Hall–Kier alpha value is -10.2. The number of carboxylic acid groups (broad SMARTS) is 8. The van der Waals surface area contributed by atoms with Gasteiger partial charge in [-0.2, -0.15) is 0 Å². The van der Waals surface area contributed by atoms with E-state index in [1.807, 2.05) is 42.5 Å². The van der Waals surface area contributed by atoms with Gasteiger partial charge in [0.15, 0.2) is 0 Å². The molecule has 0 unspecified atom stereocenters. The molecule has 1 saturated carbocycles. The van der Waals surface area contributed by atoms with Crippen molar-refractivity contribution in [3.05, 3.63) is 60.2 Å². The van der Waals surface area contributed by atoms with Gasteiger partial charge in [0.25, 0.3) is 11.8 Å². The van der Waals surface area contributed by atoms with Gasteiger partial charge in [-0.15, -0.1) is 0 Å². The number of nitrogens with one attached hydrogen (secondary N) is 7. The number of urea groups is 1. The molecule has 0 bridgehead atoms. The Balaban J connectivity index is 1.11. The highest BCUT2D eigenvalue weighted by Crippen LogP contribution is 2.29. The average Bonchev–Trinajstić information content (AvgIpc) is 0.999. The van der Waals surface area contributed by atoms with Gasteiger partial charge in [0, 0.05) is 129 Å². The lowest BCUT2D eigenvalue weighted by Crippen LogP contribution is -2.53. The van der Waals surface area contributed by atoms with Crippen molar-refractivity contribution in [3.63, 3.8) is 0 Å². The molecule has 0 radical (unpaired) electrons. The zero-order chi connectivity index (χ0) is 76.4. The highest BCUT2D eigenvalue weighted by Gasteiger charge is 2.35. The van der Waals surface area contributed by atoms with Gasteiger partial charge in [0.1, 0.15) is 36.3 Å². The van der Waals surface area contributed by atoms with Crippen LogP contribution in [0.15, 0.2) is 54.6 Å².